The Morgan fingerprint density at radius 2 is 1.96 bits per heavy atom. The fourth-order valence-corrected chi connectivity index (χ4v) is 3.55. The second kappa shape index (κ2) is 7.81. The van der Waals surface area contributed by atoms with Gasteiger partial charge < -0.3 is 9.80 Å². The molecule has 1 saturated heterocycles. The molecule has 0 spiro atoms. The molecule has 1 aromatic carbocycles. The SMILES string of the molecule is Cc1ccc(-n2cnnc2SCC(=O)N2CCCN(C)CC2)cc1. The molecule has 0 radical (unpaired) electrons. The number of aromatic nitrogens is 3. The molecule has 0 aliphatic carbocycles. The lowest BCUT2D eigenvalue weighted by Crippen LogP contribution is -2.35. The largest absolute Gasteiger partial charge is 0.341 e. The molecule has 6 nitrogen and oxygen atoms in total. The molecule has 1 amide bonds. The summed E-state index contributed by atoms with van der Waals surface area (Å²) in [4.78, 5) is 16.7. The lowest BCUT2D eigenvalue weighted by atomic mass is 10.2. The topological polar surface area (TPSA) is 54.3 Å². The summed E-state index contributed by atoms with van der Waals surface area (Å²) >= 11 is 1.45. The minimum Gasteiger partial charge on any atom is -0.341 e. The summed E-state index contributed by atoms with van der Waals surface area (Å²) in [6.45, 7) is 5.70. The van der Waals surface area contributed by atoms with Crippen molar-refractivity contribution in [2.75, 3.05) is 39.0 Å². The number of likely N-dealkylation sites (N-methyl/N-ethyl adjacent to an activating group) is 1. The Bertz CT molecular complexity index is 685. The summed E-state index contributed by atoms with van der Waals surface area (Å²) in [6, 6.07) is 8.19. The van der Waals surface area contributed by atoms with Crippen molar-refractivity contribution in [1.82, 2.24) is 24.6 Å². The normalized spacial score (nSPS) is 16.2. The molecule has 2 heterocycles. The zero-order valence-corrected chi connectivity index (χ0v) is 15.0. The number of hydrogen-bond acceptors (Lipinski definition) is 5. The molecular formula is C17H23N5OS. The van der Waals surface area contributed by atoms with Crippen LogP contribution in [0.2, 0.25) is 0 Å². The van der Waals surface area contributed by atoms with Gasteiger partial charge in [-0.2, -0.15) is 0 Å². The molecule has 0 saturated carbocycles. The Morgan fingerprint density at radius 3 is 2.75 bits per heavy atom. The standard InChI is InChI=1S/C17H23N5OS/c1-14-4-6-15(7-5-14)22-13-18-19-17(22)24-12-16(23)21-9-3-8-20(2)10-11-21/h4-7,13H,3,8-12H2,1-2H3. The minimum absolute atomic E-state index is 0.175. The Balaban J connectivity index is 1.62. The van der Waals surface area contributed by atoms with E-state index < -0.39 is 0 Å². The number of rotatable bonds is 4. The molecule has 1 aromatic heterocycles. The lowest BCUT2D eigenvalue weighted by Gasteiger charge is -2.20. The monoisotopic (exact) mass is 345 g/mol. The number of thioether (sulfide) groups is 1. The van der Waals surface area contributed by atoms with Gasteiger partial charge in [0.05, 0.1) is 5.75 Å². The molecule has 0 atom stereocenters. The Morgan fingerprint density at radius 1 is 1.17 bits per heavy atom. The van der Waals surface area contributed by atoms with Crippen LogP contribution in [0.3, 0.4) is 0 Å². The van der Waals surface area contributed by atoms with Crippen LogP contribution in [-0.2, 0) is 4.79 Å². The van der Waals surface area contributed by atoms with Crippen molar-refractivity contribution in [2.24, 2.45) is 0 Å². The summed E-state index contributed by atoms with van der Waals surface area (Å²) in [5.41, 5.74) is 2.22. The summed E-state index contributed by atoms with van der Waals surface area (Å²) in [6.07, 6.45) is 2.73. The van der Waals surface area contributed by atoms with E-state index in [9.17, 15) is 4.79 Å². The van der Waals surface area contributed by atoms with E-state index in [0.29, 0.717) is 5.75 Å². The van der Waals surface area contributed by atoms with Gasteiger partial charge in [0.25, 0.3) is 0 Å². The van der Waals surface area contributed by atoms with Crippen LogP contribution in [0.15, 0.2) is 35.7 Å². The summed E-state index contributed by atoms with van der Waals surface area (Å²) in [5, 5.41) is 8.91. The van der Waals surface area contributed by atoms with Crippen LogP contribution in [0, 0.1) is 6.92 Å². The number of benzene rings is 1. The van der Waals surface area contributed by atoms with Crippen LogP contribution in [0.4, 0.5) is 0 Å². The van der Waals surface area contributed by atoms with Crippen LogP contribution in [-0.4, -0.2) is 69.5 Å². The zero-order chi connectivity index (χ0) is 16.9. The molecule has 2 aromatic rings. The maximum atomic E-state index is 12.5. The third-order valence-corrected chi connectivity index (χ3v) is 5.15. The molecule has 1 aliphatic rings. The molecule has 1 aliphatic heterocycles. The summed E-state index contributed by atoms with van der Waals surface area (Å²) in [5.74, 6) is 0.572. The first-order valence-electron chi connectivity index (χ1n) is 8.19. The van der Waals surface area contributed by atoms with E-state index in [2.05, 4.69) is 41.2 Å². The van der Waals surface area contributed by atoms with E-state index in [1.54, 1.807) is 6.33 Å². The van der Waals surface area contributed by atoms with E-state index in [4.69, 9.17) is 0 Å². The van der Waals surface area contributed by atoms with Gasteiger partial charge in [-0.15, -0.1) is 10.2 Å². The molecule has 24 heavy (non-hydrogen) atoms. The fourth-order valence-electron chi connectivity index (χ4n) is 2.72. The average Bonchev–Trinajstić information content (AvgIpc) is 2.94. The van der Waals surface area contributed by atoms with Crippen molar-refractivity contribution >= 4 is 17.7 Å². The van der Waals surface area contributed by atoms with Crippen molar-refractivity contribution < 1.29 is 4.79 Å². The van der Waals surface area contributed by atoms with Crippen molar-refractivity contribution in [3.63, 3.8) is 0 Å². The first-order chi connectivity index (χ1) is 11.6. The quantitative estimate of drug-likeness (QED) is 0.792. The zero-order valence-electron chi connectivity index (χ0n) is 14.2. The smallest absolute Gasteiger partial charge is 0.233 e. The highest BCUT2D eigenvalue weighted by molar-refractivity contribution is 7.99. The number of aryl methyl sites for hydroxylation is 1. The molecule has 0 N–H and O–H groups in total. The van der Waals surface area contributed by atoms with Crippen LogP contribution < -0.4 is 0 Å². The highest BCUT2D eigenvalue weighted by Gasteiger charge is 2.18. The molecule has 0 unspecified atom stereocenters. The predicted octanol–water partition coefficient (Wildman–Crippen LogP) is 1.83. The summed E-state index contributed by atoms with van der Waals surface area (Å²) in [7, 11) is 2.10. The van der Waals surface area contributed by atoms with Gasteiger partial charge >= 0.3 is 0 Å². The van der Waals surface area contributed by atoms with Crippen LogP contribution in [0.25, 0.3) is 5.69 Å². The Hall–Kier alpha value is -1.86. The van der Waals surface area contributed by atoms with E-state index in [0.717, 1.165) is 43.4 Å². The van der Waals surface area contributed by atoms with Crippen molar-refractivity contribution in [2.45, 2.75) is 18.5 Å². The lowest BCUT2D eigenvalue weighted by molar-refractivity contribution is -0.128. The highest BCUT2D eigenvalue weighted by Crippen LogP contribution is 2.20. The molecule has 3 rings (SSSR count). The first kappa shape index (κ1) is 17.0. The van der Waals surface area contributed by atoms with Crippen molar-refractivity contribution in [3.05, 3.63) is 36.2 Å². The van der Waals surface area contributed by atoms with Crippen molar-refractivity contribution in [3.8, 4) is 5.69 Å². The minimum atomic E-state index is 0.175. The Kier molecular flexibility index (Phi) is 5.52. The van der Waals surface area contributed by atoms with Gasteiger partial charge in [-0.25, -0.2) is 0 Å². The number of carbonyl (C=O) groups is 1. The number of hydrogen-bond donors (Lipinski definition) is 0. The maximum absolute atomic E-state index is 12.5. The molecular weight excluding hydrogens is 322 g/mol. The van der Waals surface area contributed by atoms with Gasteiger partial charge in [-0.3, -0.25) is 9.36 Å². The van der Waals surface area contributed by atoms with Crippen molar-refractivity contribution in [1.29, 1.82) is 0 Å². The number of nitrogens with zero attached hydrogens (tertiary/aromatic N) is 5. The molecule has 0 bridgehead atoms. The third kappa shape index (κ3) is 4.15. The van der Waals surface area contributed by atoms with Gasteiger partial charge in [0.15, 0.2) is 5.16 Å². The fraction of sp³-hybridized carbons (Fsp3) is 0.471. The number of amides is 1. The second-order valence-corrected chi connectivity index (χ2v) is 7.09. The molecule has 7 heteroatoms. The van der Waals surface area contributed by atoms with Crippen LogP contribution >= 0.6 is 11.8 Å². The Labute approximate surface area is 146 Å². The van der Waals surface area contributed by atoms with Gasteiger partial charge in [0, 0.05) is 25.3 Å². The van der Waals surface area contributed by atoms with Gasteiger partial charge in [0.2, 0.25) is 5.91 Å². The van der Waals surface area contributed by atoms with E-state index in [-0.39, 0.29) is 5.91 Å². The van der Waals surface area contributed by atoms with E-state index in [1.807, 2.05) is 21.6 Å². The third-order valence-electron chi connectivity index (χ3n) is 4.23. The van der Waals surface area contributed by atoms with Crippen LogP contribution in [0.1, 0.15) is 12.0 Å². The van der Waals surface area contributed by atoms with Gasteiger partial charge in [0.1, 0.15) is 6.33 Å². The first-order valence-corrected chi connectivity index (χ1v) is 9.18. The van der Waals surface area contributed by atoms with Crippen LogP contribution in [0.5, 0.6) is 0 Å². The van der Waals surface area contributed by atoms with Gasteiger partial charge in [-0.05, 0) is 39.1 Å². The van der Waals surface area contributed by atoms with E-state index in [1.165, 1.54) is 17.3 Å². The average molecular weight is 345 g/mol. The highest BCUT2D eigenvalue weighted by atomic mass is 32.2. The van der Waals surface area contributed by atoms with Gasteiger partial charge in [-0.1, -0.05) is 29.5 Å². The summed E-state index contributed by atoms with van der Waals surface area (Å²) < 4.78 is 1.92. The number of carbonyl (C=O) groups excluding carboxylic acids is 1. The molecule has 128 valence electrons. The maximum Gasteiger partial charge on any atom is 0.233 e. The molecule has 1 fully saturated rings. The predicted molar refractivity (Wildman–Crippen MR) is 95.5 cm³/mol. The second-order valence-electron chi connectivity index (χ2n) is 6.15. The van der Waals surface area contributed by atoms with E-state index >= 15 is 0 Å².